The highest BCUT2D eigenvalue weighted by atomic mass is 16.2. The van der Waals surface area contributed by atoms with Crippen LogP contribution in [0.2, 0.25) is 0 Å². The Kier molecular flexibility index (Phi) is 2.86. The second-order valence-corrected chi connectivity index (χ2v) is 2.68. The molecule has 1 atom stereocenters. The van der Waals surface area contributed by atoms with Crippen LogP contribution in [0.1, 0.15) is 18.1 Å². The van der Waals surface area contributed by atoms with Crippen molar-refractivity contribution < 1.29 is 4.79 Å². The van der Waals surface area contributed by atoms with Crippen LogP contribution in [0.15, 0.2) is 37.2 Å². The molecule has 0 saturated carbocycles. The molecule has 0 N–H and O–H groups in total. The van der Waals surface area contributed by atoms with E-state index in [1.54, 1.807) is 23.0 Å². The second-order valence-electron chi connectivity index (χ2n) is 2.68. The van der Waals surface area contributed by atoms with Crippen LogP contribution in [0.4, 0.5) is 0 Å². The predicted molar refractivity (Wildman–Crippen MR) is 49.0 cm³/mol. The quantitative estimate of drug-likeness (QED) is 0.627. The van der Waals surface area contributed by atoms with Gasteiger partial charge in [-0.15, -0.1) is 6.58 Å². The van der Waals surface area contributed by atoms with Gasteiger partial charge in [-0.25, -0.2) is 0 Å². The minimum Gasteiger partial charge on any atom is -0.294 e. The third-order valence-electron chi connectivity index (χ3n) is 1.90. The summed E-state index contributed by atoms with van der Waals surface area (Å²) in [6.07, 6.45) is 6.02. The molecule has 0 amide bonds. The summed E-state index contributed by atoms with van der Waals surface area (Å²) in [6, 6.07) is 3.68. The average Bonchev–Trinajstić information content (AvgIpc) is 2.58. The van der Waals surface area contributed by atoms with Crippen molar-refractivity contribution in [2.45, 2.75) is 13.3 Å². The van der Waals surface area contributed by atoms with Crippen LogP contribution in [0.5, 0.6) is 0 Å². The molecule has 2 heteroatoms. The number of aromatic nitrogens is 1. The van der Waals surface area contributed by atoms with Gasteiger partial charge in [0.1, 0.15) is 0 Å². The average molecular weight is 163 g/mol. The Morgan fingerprint density at radius 1 is 1.58 bits per heavy atom. The molecule has 0 aliphatic carbocycles. The van der Waals surface area contributed by atoms with Gasteiger partial charge in [0.2, 0.25) is 5.91 Å². The molecule has 0 aromatic carbocycles. The molecule has 12 heavy (non-hydrogen) atoms. The van der Waals surface area contributed by atoms with Crippen molar-refractivity contribution in [2.75, 3.05) is 0 Å². The van der Waals surface area contributed by atoms with Gasteiger partial charge < -0.3 is 0 Å². The molecule has 0 saturated heterocycles. The molecule has 0 fully saturated rings. The van der Waals surface area contributed by atoms with Crippen LogP contribution in [0, 0.1) is 5.92 Å². The topological polar surface area (TPSA) is 22.0 Å². The first kappa shape index (κ1) is 8.78. The van der Waals surface area contributed by atoms with E-state index in [1.165, 1.54) is 0 Å². The van der Waals surface area contributed by atoms with E-state index < -0.39 is 0 Å². The van der Waals surface area contributed by atoms with Crippen LogP contribution in [0.25, 0.3) is 0 Å². The fourth-order valence-electron chi connectivity index (χ4n) is 1.12. The maximum absolute atomic E-state index is 11.6. The number of carbonyl (C=O) groups excluding carboxylic acids is 1. The second kappa shape index (κ2) is 3.90. The Morgan fingerprint density at radius 3 is 2.58 bits per heavy atom. The first-order valence-corrected chi connectivity index (χ1v) is 4.09. The third kappa shape index (κ3) is 1.64. The maximum Gasteiger partial charge on any atom is 0.237 e. The number of nitrogens with zero attached hydrogens (tertiary/aromatic N) is 1. The summed E-state index contributed by atoms with van der Waals surface area (Å²) < 4.78 is 1.59. The zero-order valence-electron chi connectivity index (χ0n) is 7.23. The molecular weight excluding hydrogens is 150 g/mol. The summed E-state index contributed by atoms with van der Waals surface area (Å²) >= 11 is 0. The molecule has 1 aromatic heterocycles. The van der Waals surface area contributed by atoms with Gasteiger partial charge in [-0.2, -0.15) is 0 Å². The lowest BCUT2D eigenvalue weighted by atomic mass is 10.1. The molecule has 0 spiro atoms. The minimum atomic E-state index is -0.0580. The van der Waals surface area contributed by atoms with Crippen molar-refractivity contribution in [1.29, 1.82) is 0 Å². The van der Waals surface area contributed by atoms with E-state index in [0.717, 1.165) is 6.42 Å². The summed E-state index contributed by atoms with van der Waals surface area (Å²) in [5, 5.41) is 0. The lowest BCUT2D eigenvalue weighted by Crippen LogP contribution is -2.17. The molecule has 1 aromatic rings. The highest BCUT2D eigenvalue weighted by Crippen LogP contribution is 2.07. The zero-order chi connectivity index (χ0) is 8.97. The van der Waals surface area contributed by atoms with Gasteiger partial charge in [-0.3, -0.25) is 9.36 Å². The van der Waals surface area contributed by atoms with Crippen LogP contribution in [0.3, 0.4) is 0 Å². The highest BCUT2D eigenvalue weighted by Gasteiger charge is 2.12. The minimum absolute atomic E-state index is 0.0580. The number of hydrogen-bond donors (Lipinski definition) is 0. The zero-order valence-corrected chi connectivity index (χ0v) is 7.23. The van der Waals surface area contributed by atoms with Crippen LogP contribution >= 0.6 is 0 Å². The lowest BCUT2D eigenvalue weighted by molar-refractivity contribution is 0.0859. The molecular formula is C10H13NO. The van der Waals surface area contributed by atoms with E-state index >= 15 is 0 Å². The maximum atomic E-state index is 11.6. The molecule has 2 nitrogen and oxygen atoms in total. The number of rotatable bonds is 3. The summed E-state index contributed by atoms with van der Waals surface area (Å²) in [5.74, 6) is 0.0369. The van der Waals surface area contributed by atoms with E-state index in [2.05, 4.69) is 6.58 Å². The van der Waals surface area contributed by atoms with Crippen LogP contribution in [-0.2, 0) is 0 Å². The molecule has 1 rings (SSSR count). The Morgan fingerprint density at radius 2 is 2.17 bits per heavy atom. The third-order valence-corrected chi connectivity index (χ3v) is 1.90. The first-order chi connectivity index (χ1) is 5.79. The van der Waals surface area contributed by atoms with Gasteiger partial charge in [-0.05, 0) is 18.6 Å². The van der Waals surface area contributed by atoms with E-state index in [0.29, 0.717) is 0 Å². The summed E-state index contributed by atoms with van der Waals surface area (Å²) in [7, 11) is 0. The Balaban J connectivity index is 2.77. The van der Waals surface area contributed by atoms with Crippen LogP contribution < -0.4 is 0 Å². The number of hydrogen-bond acceptors (Lipinski definition) is 1. The molecule has 64 valence electrons. The number of allylic oxidation sites excluding steroid dienone is 1. The van der Waals surface area contributed by atoms with Gasteiger partial charge in [0, 0.05) is 12.4 Å². The Bertz CT molecular complexity index is 261. The van der Waals surface area contributed by atoms with E-state index in [1.807, 2.05) is 19.1 Å². The number of carbonyl (C=O) groups is 1. The van der Waals surface area contributed by atoms with Gasteiger partial charge in [0.25, 0.3) is 0 Å². The van der Waals surface area contributed by atoms with Crippen molar-refractivity contribution in [3.05, 3.63) is 37.2 Å². The lowest BCUT2D eigenvalue weighted by Gasteiger charge is -2.08. The summed E-state index contributed by atoms with van der Waals surface area (Å²) in [4.78, 5) is 11.6. The monoisotopic (exact) mass is 163 g/mol. The van der Waals surface area contributed by atoms with Gasteiger partial charge in [0.15, 0.2) is 0 Å². The van der Waals surface area contributed by atoms with Crippen molar-refractivity contribution in [3.63, 3.8) is 0 Å². The van der Waals surface area contributed by atoms with E-state index in [-0.39, 0.29) is 11.8 Å². The molecule has 1 heterocycles. The van der Waals surface area contributed by atoms with E-state index in [4.69, 9.17) is 0 Å². The fraction of sp³-hybridized carbons (Fsp3) is 0.300. The largest absolute Gasteiger partial charge is 0.294 e. The normalized spacial score (nSPS) is 12.4. The van der Waals surface area contributed by atoms with Gasteiger partial charge in [0.05, 0.1) is 5.92 Å². The predicted octanol–water partition coefficient (Wildman–Crippen LogP) is 2.34. The van der Waals surface area contributed by atoms with Crippen molar-refractivity contribution >= 4 is 5.91 Å². The first-order valence-electron chi connectivity index (χ1n) is 4.09. The van der Waals surface area contributed by atoms with Crippen LogP contribution in [-0.4, -0.2) is 10.5 Å². The Hall–Kier alpha value is -1.31. The Labute approximate surface area is 72.5 Å². The smallest absolute Gasteiger partial charge is 0.237 e. The molecule has 0 aliphatic heterocycles. The van der Waals surface area contributed by atoms with Gasteiger partial charge in [-0.1, -0.05) is 13.0 Å². The fourth-order valence-corrected chi connectivity index (χ4v) is 1.12. The molecule has 0 aliphatic rings. The van der Waals surface area contributed by atoms with Crippen molar-refractivity contribution in [3.8, 4) is 0 Å². The SMILES string of the molecule is C=CC(CC)C(=O)n1cccc1. The van der Waals surface area contributed by atoms with Crippen molar-refractivity contribution in [2.24, 2.45) is 5.92 Å². The highest BCUT2D eigenvalue weighted by molar-refractivity contribution is 5.82. The molecule has 0 radical (unpaired) electrons. The van der Waals surface area contributed by atoms with Gasteiger partial charge >= 0.3 is 0 Å². The summed E-state index contributed by atoms with van der Waals surface area (Å²) in [5.41, 5.74) is 0. The molecule has 0 bridgehead atoms. The standard InChI is InChI=1S/C10H13NO/c1-3-9(4-2)10(12)11-7-5-6-8-11/h3,5-9H,1,4H2,2H3. The van der Waals surface area contributed by atoms with Crippen molar-refractivity contribution in [1.82, 2.24) is 4.57 Å². The molecule has 1 unspecified atom stereocenters. The summed E-state index contributed by atoms with van der Waals surface area (Å²) in [6.45, 7) is 5.61. The van der Waals surface area contributed by atoms with E-state index in [9.17, 15) is 4.79 Å².